The Bertz CT molecular complexity index is 341. The van der Waals surface area contributed by atoms with Crippen molar-refractivity contribution in [2.45, 2.75) is 58.3 Å². The van der Waals surface area contributed by atoms with Gasteiger partial charge < -0.3 is 5.11 Å². The van der Waals surface area contributed by atoms with Crippen LogP contribution in [0, 0.1) is 0 Å². The molecule has 0 atom stereocenters. The summed E-state index contributed by atoms with van der Waals surface area (Å²) in [4.78, 5) is 0. The van der Waals surface area contributed by atoms with Crippen molar-refractivity contribution in [1.82, 2.24) is 0 Å². The van der Waals surface area contributed by atoms with Gasteiger partial charge in [0.05, 0.1) is 0 Å². The average molecular weight is 246 g/mol. The van der Waals surface area contributed by atoms with Crippen LogP contribution in [0.3, 0.4) is 0 Å². The third-order valence-corrected chi connectivity index (χ3v) is 3.21. The summed E-state index contributed by atoms with van der Waals surface area (Å²) in [7, 11) is 0. The number of hydrogen-bond acceptors (Lipinski definition) is 1. The number of para-hydroxylation sites is 1. The second kappa shape index (κ2) is 9.76. The minimum Gasteiger partial charge on any atom is -0.507 e. The maximum absolute atomic E-state index is 9.58. The van der Waals surface area contributed by atoms with Crippen molar-refractivity contribution >= 4 is 6.08 Å². The quantitative estimate of drug-likeness (QED) is 0.567. The fraction of sp³-hybridized carbons (Fsp3) is 0.529. The molecular weight excluding hydrogens is 220 g/mol. The molecule has 0 aliphatic carbocycles. The maximum atomic E-state index is 9.58. The highest BCUT2D eigenvalue weighted by Crippen LogP contribution is 2.17. The van der Waals surface area contributed by atoms with Gasteiger partial charge in [-0.05, 0) is 18.9 Å². The van der Waals surface area contributed by atoms with E-state index in [1.54, 1.807) is 6.07 Å². The van der Waals surface area contributed by atoms with Crippen LogP contribution in [0.5, 0.6) is 5.75 Å². The molecule has 1 aromatic carbocycles. The van der Waals surface area contributed by atoms with Gasteiger partial charge in [0, 0.05) is 5.56 Å². The topological polar surface area (TPSA) is 20.2 Å². The van der Waals surface area contributed by atoms with Crippen LogP contribution >= 0.6 is 0 Å². The van der Waals surface area contributed by atoms with Crippen LogP contribution in [0.15, 0.2) is 30.3 Å². The van der Waals surface area contributed by atoms with Gasteiger partial charge in [-0.3, -0.25) is 0 Å². The zero-order chi connectivity index (χ0) is 13.1. The highest BCUT2D eigenvalue weighted by atomic mass is 16.3. The van der Waals surface area contributed by atoms with E-state index in [2.05, 4.69) is 13.0 Å². The lowest BCUT2D eigenvalue weighted by Crippen LogP contribution is -1.79. The third kappa shape index (κ3) is 6.48. The van der Waals surface area contributed by atoms with Gasteiger partial charge in [-0.1, -0.05) is 75.8 Å². The predicted octanol–water partition coefficient (Wildman–Crippen LogP) is 5.55. The summed E-state index contributed by atoms with van der Waals surface area (Å²) in [5.74, 6) is 0.369. The molecule has 1 aromatic rings. The van der Waals surface area contributed by atoms with Gasteiger partial charge in [0.15, 0.2) is 0 Å². The summed E-state index contributed by atoms with van der Waals surface area (Å²) in [6.45, 7) is 2.25. The Morgan fingerprint density at radius 3 is 2.33 bits per heavy atom. The van der Waals surface area contributed by atoms with Crippen LogP contribution in [0.1, 0.15) is 63.9 Å². The van der Waals surface area contributed by atoms with Crippen molar-refractivity contribution in [2.75, 3.05) is 0 Å². The van der Waals surface area contributed by atoms with Crippen LogP contribution in [-0.4, -0.2) is 5.11 Å². The number of unbranched alkanes of at least 4 members (excludes halogenated alkanes) is 7. The van der Waals surface area contributed by atoms with E-state index in [9.17, 15) is 5.11 Å². The first-order valence-electron chi connectivity index (χ1n) is 7.29. The summed E-state index contributed by atoms with van der Waals surface area (Å²) in [6.07, 6.45) is 14.7. The van der Waals surface area contributed by atoms with Gasteiger partial charge in [-0.25, -0.2) is 0 Å². The summed E-state index contributed by atoms with van der Waals surface area (Å²) in [6, 6.07) is 7.47. The zero-order valence-electron chi connectivity index (χ0n) is 11.6. The maximum Gasteiger partial charge on any atom is 0.122 e. The molecule has 100 valence electrons. The van der Waals surface area contributed by atoms with Crippen LogP contribution in [-0.2, 0) is 0 Å². The summed E-state index contributed by atoms with van der Waals surface area (Å²) >= 11 is 0. The lowest BCUT2D eigenvalue weighted by atomic mass is 10.1. The minimum absolute atomic E-state index is 0.369. The number of aromatic hydroxyl groups is 1. The first-order chi connectivity index (χ1) is 8.84. The SMILES string of the molecule is CCCCCCCCCC=Cc1ccccc1O. The molecule has 1 N–H and O–H groups in total. The van der Waals surface area contributed by atoms with E-state index < -0.39 is 0 Å². The number of benzene rings is 1. The van der Waals surface area contributed by atoms with Gasteiger partial charge in [-0.15, -0.1) is 0 Å². The number of phenolic OH excluding ortho intramolecular Hbond substituents is 1. The molecule has 1 heteroatoms. The normalized spacial score (nSPS) is 11.2. The molecule has 0 aliphatic heterocycles. The van der Waals surface area contributed by atoms with E-state index in [4.69, 9.17) is 0 Å². The van der Waals surface area contributed by atoms with Crippen molar-refractivity contribution in [3.05, 3.63) is 35.9 Å². The van der Waals surface area contributed by atoms with Crippen molar-refractivity contribution in [3.63, 3.8) is 0 Å². The van der Waals surface area contributed by atoms with Crippen LogP contribution in [0.2, 0.25) is 0 Å². The van der Waals surface area contributed by atoms with E-state index in [1.165, 1.54) is 44.9 Å². The smallest absolute Gasteiger partial charge is 0.122 e. The van der Waals surface area contributed by atoms with E-state index in [0.717, 1.165) is 12.0 Å². The van der Waals surface area contributed by atoms with E-state index in [1.807, 2.05) is 24.3 Å². The molecule has 0 fully saturated rings. The van der Waals surface area contributed by atoms with Crippen molar-refractivity contribution in [2.24, 2.45) is 0 Å². The number of hydrogen-bond donors (Lipinski definition) is 1. The number of phenols is 1. The minimum atomic E-state index is 0.369. The van der Waals surface area contributed by atoms with E-state index in [0.29, 0.717) is 5.75 Å². The molecule has 0 spiro atoms. The third-order valence-electron chi connectivity index (χ3n) is 3.21. The van der Waals surface area contributed by atoms with E-state index in [-0.39, 0.29) is 0 Å². The molecule has 0 aliphatic rings. The van der Waals surface area contributed by atoms with E-state index >= 15 is 0 Å². The molecule has 0 bridgehead atoms. The van der Waals surface area contributed by atoms with Gasteiger partial charge in [0.2, 0.25) is 0 Å². The largest absolute Gasteiger partial charge is 0.507 e. The zero-order valence-corrected chi connectivity index (χ0v) is 11.6. The van der Waals surface area contributed by atoms with Crippen molar-refractivity contribution < 1.29 is 5.11 Å². The lowest BCUT2D eigenvalue weighted by molar-refractivity contribution is 0.474. The Hall–Kier alpha value is -1.24. The standard InChI is InChI=1S/C17H26O/c1-2-3-4-5-6-7-8-9-10-13-16-14-11-12-15-17(16)18/h10-15,18H,2-9H2,1H3. The molecule has 1 nitrogen and oxygen atoms in total. The molecule has 1 rings (SSSR count). The fourth-order valence-corrected chi connectivity index (χ4v) is 2.06. The number of rotatable bonds is 9. The Morgan fingerprint density at radius 1 is 0.944 bits per heavy atom. The monoisotopic (exact) mass is 246 g/mol. The Morgan fingerprint density at radius 2 is 1.61 bits per heavy atom. The molecule has 0 heterocycles. The number of allylic oxidation sites excluding steroid dienone is 1. The molecule has 0 saturated heterocycles. The highest BCUT2D eigenvalue weighted by molar-refractivity contribution is 5.56. The first kappa shape index (κ1) is 14.8. The van der Waals surface area contributed by atoms with Crippen LogP contribution in [0.4, 0.5) is 0 Å². The summed E-state index contributed by atoms with van der Waals surface area (Å²) in [5, 5.41) is 9.58. The van der Waals surface area contributed by atoms with Gasteiger partial charge in [0.1, 0.15) is 5.75 Å². The van der Waals surface area contributed by atoms with Crippen molar-refractivity contribution in [3.8, 4) is 5.75 Å². The molecule has 0 aromatic heterocycles. The van der Waals surface area contributed by atoms with Crippen molar-refractivity contribution in [1.29, 1.82) is 0 Å². The summed E-state index contributed by atoms with van der Waals surface area (Å²) in [5.41, 5.74) is 0.917. The second-order valence-electron chi connectivity index (χ2n) is 4.87. The van der Waals surface area contributed by atoms with Gasteiger partial charge in [0.25, 0.3) is 0 Å². The average Bonchev–Trinajstić information content (AvgIpc) is 2.39. The van der Waals surface area contributed by atoms with Gasteiger partial charge >= 0.3 is 0 Å². The molecule has 18 heavy (non-hydrogen) atoms. The molecule has 0 amide bonds. The second-order valence-corrected chi connectivity index (χ2v) is 4.87. The predicted molar refractivity (Wildman–Crippen MR) is 79.8 cm³/mol. The molecule has 0 unspecified atom stereocenters. The Balaban J connectivity index is 2.06. The molecular formula is C17H26O. The molecule has 0 saturated carbocycles. The van der Waals surface area contributed by atoms with Crippen LogP contribution < -0.4 is 0 Å². The fourth-order valence-electron chi connectivity index (χ4n) is 2.06. The lowest BCUT2D eigenvalue weighted by Gasteiger charge is -1.99. The molecule has 0 radical (unpaired) electrons. The highest BCUT2D eigenvalue weighted by Gasteiger charge is 1.93. The first-order valence-corrected chi connectivity index (χ1v) is 7.29. The van der Waals surface area contributed by atoms with Gasteiger partial charge in [-0.2, -0.15) is 0 Å². The Labute approximate surface area is 112 Å². The van der Waals surface area contributed by atoms with Crippen LogP contribution in [0.25, 0.3) is 6.08 Å². The summed E-state index contributed by atoms with van der Waals surface area (Å²) < 4.78 is 0. The Kier molecular flexibility index (Phi) is 8.03.